The molecule has 1 aromatic carbocycles. The van der Waals surface area contributed by atoms with E-state index in [4.69, 9.17) is 4.52 Å². The molecule has 0 bridgehead atoms. The predicted molar refractivity (Wildman–Crippen MR) is 76.1 cm³/mol. The van der Waals surface area contributed by atoms with Crippen LogP contribution in [0.15, 0.2) is 38.5 Å². The van der Waals surface area contributed by atoms with Crippen LogP contribution in [0.1, 0.15) is 11.5 Å². The molecular formula is C13H10FN3OS2. The largest absolute Gasteiger partial charge is 0.334 e. The number of benzene rings is 1. The number of rotatable bonds is 4. The van der Waals surface area contributed by atoms with Crippen LogP contribution >= 0.6 is 23.1 Å². The van der Waals surface area contributed by atoms with Gasteiger partial charge in [0.05, 0.1) is 5.75 Å². The van der Waals surface area contributed by atoms with E-state index in [0.29, 0.717) is 23.0 Å². The lowest BCUT2D eigenvalue weighted by Gasteiger charge is -1.92. The molecule has 2 aromatic heterocycles. The summed E-state index contributed by atoms with van der Waals surface area (Å²) in [5.41, 5.74) is 1.72. The Hall–Kier alpha value is -1.73. The smallest absolute Gasteiger partial charge is 0.257 e. The highest BCUT2D eigenvalue weighted by molar-refractivity contribution is 8.00. The second kappa shape index (κ2) is 5.72. The molecule has 0 fully saturated rings. The number of thiazole rings is 1. The lowest BCUT2D eigenvalue weighted by Crippen LogP contribution is -1.84. The Balaban J connectivity index is 1.69. The Morgan fingerprint density at radius 2 is 2.05 bits per heavy atom. The average Bonchev–Trinajstić information content (AvgIpc) is 3.06. The van der Waals surface area contributed by atoms with Crippen molar-refractivity contribution < 1.29 is 8.91 Å². The first kappa shape index (κ1) is 13.3. The normalized spacial score (nSPS) is 10.9. The second-order valence-corrected chi connectivity index (χ2v) is 6.15. The number of aromatic nitrogens is 3. The van der Waals surface area contributed by atoms with Crippen LogP contribution in [-0.4, -0.2) is 15.1 Å². The van der Waals surface area contributed by atoms with Crippen molar-refractivity contribution in [1.29, 1.82) is 0 Å². The lowest BCUT2D eigenvalue weighted by molar-refractivity contribution is 0.425. The Morgan fingerprint density at radius 1 is 1.25 bits per heavy atom. The van der Waals surface area contributed by atoms with Crippen molar-refractivity contribution in [2.24, 2.45) is 0 Å². The molecule has 0 spiro atoms. The molecular weight excluding hydrogens is 297 g/mol. The van der Waals surface area contributed by atoms with Gasteiger partial charge in [-0.1, -0.05) is 16.9 Å². The number of aryl methyl sites for hydroxylation is 1. The van der Waals surface area contributed by atoms with Gasteiger partial charge in [-0.05, 0) is 31.2 Å². The van der Waals surface area contributed by atoms with Crippen LogP contribution < -0.4 is 0 Å². The summed E-state index contributed by atoms with van der Waals surface area (Å²) in [6.45, 7) is 1.96. The third kappa shape index (κ3) is 3.05. The summed E-state index contributed by atoms with van der Waals surface area (Å²) in [6, 6.07) is 5.96. The quantitative estimate of drug-likeness (QED) is 0.683. The van der Waals surface area contributed by atoms with Crippen LogP contribution in [0, 0.1) is 12.7 Å². The summed E-state index contributed by atoms with van der Waals surface area (Å²) in [7, 11) is 0. The van der Waals surface area contributed by atoms with Crippen molar-refractivity contribution in [2.75, 3.05) is 0 Å². The van der Waals surface area contributed by atoms with Crippen LogP contribution in [0.5, 0.6) is 0 Å². The van der Waals surface area contributed by atoms with Crippen LogP contribution in [-0.2, 0) is 5.75 Å². The molecule has 0 saturated heterocycles. The van der Waals surface area contributed by atoms with E-state index in [0.717, 1.165) is 10.0 Å². The van der Waals surface area contributed by atoms with E-state index in [1.165, 1.54) is 12.1 Å². The monoisotopic (exact) mass is 307 g/mol. The fraction of sp³-hybridized carbons (Fsp3) is 0.154. The van der Waals surface area contributed by atoms with Crippen LogP contribution in [0.2, 0.25) is 0 Å². The first-order chi connectivity index (χ1) is 9.70. The van der Waals surface area contributed by atoms with E-state index in [1.54, 1.807) is 35.2 Å². The highest BCUT2D eigenvalue weighted by Gasteiger charge is 2.10. The summed E-state index contributed by atoms with van der Waals surface area (Å²) >= 11 is 3.17. The minimum atomic E-state index is -0.289. The maximum Gasteiger partial charge on any atom is 0.257 e. The van der Waals surface area contributed by atoms with Gasteiger partial charge in [-0.3, -0.25) is 0 Å². The number of hydrogen-bond acceptors (Lipinski definition) is 6. The summed E-state index contributed by atoms with van der Waals surface area (Å²) < 4.78 is 19.0. The van der Waals surface area contributed by atoms with E-state index in [-0.39, 0.29) is 5.82 Å². The lowest BCUT2D eigenvalue weighted by atomic mass is 10.2. The van der Waals surface area contributed by atoms with Gasteiger partial charge in [-0.15, -0.1) is 11.3 Å². The molecule has 0 atom stereocenters. The summed E-state index contributed by atoms with van der Waals surface area (Å²) in [6.07, 6.45) is 0. The molecule has 0 unspecified atom stereocenters. The first-order valence-corrected chi connectivity index (χ1v) is 7.71. The Labute approximate surface area is 123 Å². The number of halogens is 1. The molecule has 20 heavy (non-hydrogen) atoms. The number of nitrogens with zero attached hydrogens (tertiary/aromatic N) is 3. The van der Waals surface area contributed by atoms with E-state index in [1.807, 2.05) is 12.3 Å². The van der Waals surface area contributed by atoms with Gasteiger partial charge in [0.2, 0.25) is 0 Å². The maximum atomic E-state index is 12.8. The van der Waals surface area contributed by atoms with Crippen molar-refractivity contribution in [3.8, 4) is 11.5 Å². The fourth-order valence-electron chi connectivity index (χ4n) is 1.55. The van der Waals surface area contributed by atoms with Crippen molar-refractivity contribution in [3.05, 3.63) is 47.0 Å². The van der Waals surface area contributed by atoms with Gasteiger partial charge in [0, 0.05) is 16.6 Å². The third-order valence-electron chi connectivity index (χ3n) is 2.48. The fourth-order valence-corrected chi connectivity index (χ4v) is 3.24. The zero-order valence-corrected chi connectivity index (χ0v) is 12.2. The third-order valence-corrected chi connectivity index (χ3v) is 4.62. The number of thioether (sulfide) groups is 1. The van der Waals surface area contributed by atoms with Gasteiger partial charge in [-0.2, -0.15) is 4.98 Å². The summed E-state index contributed by atoms with van der Waals surface area (Å²) in [5, 5.41) is 5.92. The topological polar surface area (TPSA) is 51.8 Å². The van der Waals surface area contributed by atoms with E-state index >= 15 is 0 Å². The van der Waals surface area contributed by atoms with Crippen LogP contribution in [0.25, 0.3) is 11.5 Å². The Morgan fingerprint density at radius 3 is 2.75 bits per heavy atom. The molecule has 2 heterocycles. The summed E-state index contributed by atoms with van der Waals surface area (Å²) in [5.74, 6) is 1.30. The Kier molecular flexibility index (Phi) is 3.79. The molecule has 0 radical (unpaired) electrons. The molecule has 7 heteroatoms. The van der Waals surface area contributed by atoms with Gasteiger partial charge in [0.1, 0.15) is 5.82 Å². The molecule has 4 nitrogen and oxygen atoms in total. The highest BCUT2D eigenvalue weighted by atomic mass is 32.2. The van der Waals surface area contributed by atoms with Gasteiger partial charge in [-0.25, -0.2) is 9.37 Å². The SMILES string of the molecule is Cc1csc(SCc2noc(-c3ccc(F)cc3)n2)n1. The minimum absolute atomic E-state index is 0.289. The molecule has 3 rings (SSSR count). The first-order valence-electron chi connectivity index (χ1n) is 5.84. The molecule has 0 aliphatic carbocycles. The summed E-state index contributed by atoms with van der Waals surface area (Å²) in [4.78, 5) is 8.64. The highest BCUT2D eigenvalue weighted by Crippen LogP contribution is 2.26. The molecule has 0 aliphatic rings. The van der Waals surface area contributed by atoms with Crippen LogP contribution in [0.3, 0.4) is 0 Å². The van der Waals surface area contributed by atoms with Crippen LogP contribution in [0.4, 0.5) is 4.39 Å². The molecule has 0 aliphatic heterocycles. The standard InChI is InChI=1S/C13H10FN3OS2/c1-8-6-19-13(15-8)20-7-11-16-12(18-17-11)9-2-4-10(14)5-3-9/h2-6H,7H2,1H3. The molecule has 0 N–H and O–H groups in total. The molecule has 0 amide bonds. The Bertz CT molecular complexity index is 708. The predicted octanol–water partition coefficient (Wildman–Crippen LogP) is 3.93. The van der Waals surface area contributed by atoms with Crippen molar-refractivity contribution >= 4 is 23.1 Å². The van der Waals surface area contributed by atoms with Crippen molar-refractivity contribution in [1.82, 2.24) is 15.1 Å². The van der Waals surface area contributed by atoms with Crippen molar-refractivity contribution in [3.63, 3.8) is 0 Å². The average molecular weight is 307 g/mol. The van der Waals surface area contributed by atoms with Crippen molar-refractivity contribution in [2.45, 2.75) is 17.0 Å². The maximum absolute atomic E-state index is 12.8. The van der Waals surface area contributed by atoms with E-state index in [9.17, 15) is 4.39 Å². The zero-order chi connectivity index (χ0) is 13.9. The molecule has 102 valence electrons. The second-order valence-electron chi connectivity index (χ2n) is 4.07. The van der Waals surface area contributed by atoms with Gasteiger partial charge < -0.3 is 4.52 Å². The zero-order valence-electron chi connectivity index (χ0n) is 10.5. The van der Waals surface area contributed by atoms with E-state index < -0.39 is 0 Å². The minimum Gasteiger partial charge on any atom is -0.334 e. The van der Waals surface area contributed by atoms with Gasteiger partial charge in [0.25, 0.3) is 5.89 Å². The van der Waals surface area contributed by atoms with Gasteiger partial charge in [0.15, 0.2) is 10.2 Å². The molecule has 3 aromatic rings. The van der Waals surface area contributed by atoms with E-state index in [2.05, 4.69) is 15.1 Å². The number of hydrogen-bond donors (Lipinski definition) is 0. The van der Waals surface area contributed by atoms with Gasteiger partial charge >= 0.3 is 0 Å². The molecule has 0 saturated carbocycles.